The van der Waals surface area contributed by atoms with E-state index in [4.69, 9.17) is 15.3 Å². The fourth-order valence-corrected chi connectivity index (χ4v) is 1.58. The quantitative estimate of drug-likeness (QED) is 0.758. The third-order valence-corrected chi connectivity index (χ3v) is 2.53. The summed E-state index contributed by atoms with van der Waals surface area (Å²) >= 11 is 0. The Morgan fingerprint density at radius 3 is 1.90 bits per heavy atom. The van der Waals surface area contributed by atoms with Crippen molar-refractivity contribution in [1.29, 1.82) is 0 Å². The summed E-state index contributed by atoms with van der Waals surface area (Å²) in [6.45, 7) is 0. The molecule has 1 aromatic heterocycles. The number of carboxylic acid groups (broad SMARTS) is 3. The molecule has 0 bridgehead atoms. The van der Waals surface area contributed by atoms with Gasteiger partial charge in [0.05, 0.1) is 11.3 Å². The Hall–Kier alpha value is -3.16. The number of hydrogen-bond acceptors (Lipinski definition) is 4. The predicted molar refractivity (Wildman–Crippen MR) is 64.4 cm³/mol. The van der Waals surface area contributed by atoms with E-state index in [1.165, 1.54) is 24.3 Å². The van der Waals surface area contributed by atoms with Crippen molar-refractivity contribution >= 4 is 17.9 Å². The van der Waals surface area contributed by atoms with E-state index < -0.39 is 29.2 Å². The average Bonchev–Trinajstić information content (AvgIpc) is 2.84. The minimum Gasteiger partial charge on any atom is -0.478 e. The fourth-order valence-electron chi connectivity index (χ4n) is 1.58. The molecule has 0 aliphatic carbocycles. The summed E-state index contributed by atoms with van der Waals surface area (Å²) in [6, 6.07) is 5.40. The molecule has 0 fully saturated rings. The van der Waals surface area contributed by atoms with Crippen molar-refractivity contribution in [3.8, 4) is 5.69 Å². The molecule has 2 rings (SSSR count). The topological polar surface area (TPSA) is 130 Å². The Bertz CT molecular complexity index is 670. The van der Waals surface area contributed by atoms with Crippen LogP contribution in [0, 0.1) is 0 Å². The third-order valence-electron chi connectivity index (χ3n) is 2.53. The highest BCUT2D eigenvalue weighted by Crippen LogP contribution is 2.14. The molecule has 102 valence electrons. The van der Waals surface area contributed by atoms with Crippen LogP contribution in [0.15, 0.2) is 30.5 Å². The highest BCUT2D eigenvalue weighted by atomic mass is 16.4. The van der Waals surface area contributed by atoms with Crippen LogP contribution in [-0.4, -0.2) is 43.0 Å². The van der Waals surface area contributed by atoms with E-state index in [2.05, 4.69) is 5.10 Å². The number of aromatic carboxylic acids is 3. The van der Waals surface area contributed by atoms with Crippen LogP contribution in [0.4, 0.5) is 0 Å². The highest BCUT2D eigenvalue weighted by Gasteiger charge is 2.21. The maximum Gasteiger partial charge on any atom is 0.357 e. The fraction of sp³-hybridized carbons (Fsp3) is 0. The molecule has 0 saturated heterocycles. The number of rotatable bonds is 4. The van der Waals surface area contributed by atoms with E-state index in [9.17, 15) is 14.4 Å². The van der Waals surface area contributed by atoms with Crippen LogP contribution in [0.2, 0.25) is 0 Å². The van der Waals surface area contributed by atoms with E-state index >= 15 is 0 Å². The monoisotopic (exact) mass is 276 g/mol. The molecule has 20 heavy (non-hydrogen) atoms. The lowest BCUT2D eigenvalue weighted by Crippen LogP contribution is -2.06. The molecule has 0 amide bonds. The predicted octanol–water partition coefficient (Wildman–Crippen LogP) is 0.967. The summed E-state index contributed by atoms with van der Waals surface area (Å²) in [7, 11) is 0. The molecule has 0 radical (unpaired) electrons. The van der Waals surface area contributed by atoms with Crippen LogP contribution in [0.3, 0.4) is 0 Å². The first-order valence-electron chi connectivity index (χ1n) is 5.30. The van der Waals surface area contributed by atoms with Gasteiger partial charge >= 0.3 is 17.9 Å². The zero-order chi connectivity index (χ0) is 14.9. The normalized spacial score (nSPS) is 10.2. The van der Waals surface area contributed by atoms with Gasteiger partial charge in [-0.25, -0.2) is 19.1 Å². The lowest BCUT2D eigenvalue weighted by molar-refractivity contribution is 0.0648. The molecule has 8 heteroatoms. The Kier molecular flexibility index (Phi) is 3.21. The second-order valence-electron chi connectivity index (χ2n) is 3.80. The summed E-state index contributed by atoms with van der Waals surface area (Å²) in [6.07, 6.45) is 1.06. The van der Waals surface area contributed by atoms with Crippen LogP contribution >= 0.6 is 0 Å². The Morgan fingerprint density at radius 1 is 0.900 bits per heavy atom. The lowest BCUT2D eigenvalue weighted by Gasteiger charge is -2.01. The van der Waals surface area contributed by atoms with Crippen molar-refractivity contribution in [2.45, 2.75) is 0 Å². The molecule has 0 atom stereocenters. The smallest absolute Gasteiger partial charge is 0.357 e. The first-order chi connectivity index (χ1) is 9.40. The van der Waals surface area contributed by atoms with E-state index in [-0.39, 0.29) is 5.56 Å². The average molecular weight is 276 g/mol. The SMILES string of the molecule is O=C(O)c1ccc(-n2cc(C(=O)O)c(C(=O)O)n2)cc1. The zero-order valence-corrected chi connectivity index (χ0v) is 9.85. The number of carboxylic acids is 3. The highest BCUT2D eigenvalue weighted by molar-refractivity contribution is 6.00. The standard InChI is InChI=1S/C12H8N2O6/c15-10(16)6-1-3-7(4-2-6)14-5-8(11(17)18)9(13-14)12(19)20/h1-5H,(H,15,16)(H,17,18)(H,19,20). The number of aromatic nitrogens is 2. The number of benzene rings is 1. The van der Waals surface area contributed by atoms with Gasteiger partial charge in [-0.05, 0) is 24.3 Å². The van der Waals surface area contributed by atoms with Crippen LogP contribution in [0.1, 0.15) is 31.2 Å². The molecule has 1 heterocycles. The molecule has 3 N–H and O–H groups in total. The molecule has 1 aromatic carbocycles. The van der Waals surface area contributed by atoms with Crippen LogP contribution in [-0.2, 0) is 0 Å². The maximum absolute atomic E-state index is 10.9. The Balaban J connectivity index is 2.47. The largest absolute Gasteiger partial charge is 0.478 e. The van der Waals surface area contributed by atoms with Gasteiger partial charge in [0.15, 0.2) is 5.69 Å². The van der Waals surface area contributed by atoms with E-state index in [1.807, 2.05) is 0 Å². The molecule has 0 saturated carbocycles. The maximum atomic E-state index is 10.9. The van der Waals surface area contributed by atoms with Crippen LogP contribution < -0.4 is 0 Å². The minimum atomic E-state index is -1.46. The summed E-state index contributed by atoms with van der Waals surface area (Å²) in [4.78, 5) is 32.5. The minimum absolute atomic E-state index is 0.0535. The van der Waals surface area contributed by atoms with Crippen LogP contribution in [0.5, 0.6) is 0 Å². The molecule has 0 aliphatic heterocycles. The van der Waals surface area contributed by atoms with Crippen molar-refractivity contribution in [3.63, 3.8) is 0 Å². The molecule has 8 nitrogen and oxygen atoms in total. The van der Waals surface area contributed by atoms with Gasteiger partial charge in [0.25, 0.3) is 0 Å². The van der Waals surface area contributed by atoms with Gasteiger partial charge in [-0.3, -0.25) is 0 Å². The van der Waals surface area contributed by atoms with Gasteiger partial charge in [0, 0.05) is 6.20 Å². The molecule has 0 aliphatic rings. The van der Waals surface area contributed by atoms with E-state index in [0.717, 1.165) is 10.9 Å². The molecule has 0 spiro atoms. The summed E-state index contributed by atoms with van der Waals surface area (Å²) < 4.78 is 1.07. The van der Waals surface area contributed by atoms with Gasteiger partial charge in [-0.2, -0.15) is 5.10 Å². The molecular weight excluding hydrogens is 268 g/mol. The second-order valence-corrected chi connectivity index (χ2v) is 3.80. The van der Waals surface area contributed by atoms with Gasteiger partial charge in [-0.1, -0.05) is 0 Å². The van der Waals surface area contributed by atoms with Gasteiger partial charge in [0.1, 0.15) is 5.56 Å². The third kappa shape index (κ3) is 2.34. The van der Waals surface area contributed by atoms with Crippen molar-refractivity contribution in [3.05, 3.63) is 47.3 Å². The number of nitrogens with zero attached hydrogens (tertiary/aromatic N) is 2. The van der Waals surface area contributed by atoms with Crippen molar-refractivity contribution < 1.29 is 29.7 Å². The van der Waals surface area contributed by atoms with Crippen molar-refractivity contribution in [2.24, 2.45) is 0 Å². The Labute approximate surface area is 111 Å². The first-order valence-corrected chi connectivity index (χ1v) is 5.30. The van der Waals surface area contributed by atoms with Gasteiger partial charge in [0.2, 0.25) is 0 Å². The molecule has 2 aromatic rings. The van der Waals surface area contributed by atoms with Gasteiger partial charge in [-0.15, -0.1) is 0 Å². The van der Waals surface area contributed by atoms with Crippen molar-refractivity contribution in [2.75, 3.05) is 0 Å². The van der Waals surface area contributed by atoms with Gasteiger partial charge < -0.3 is 15.3 Å². The number of carbonyl (C=O) groups is 3. The Morgan fingerprint density at radius 2 is 1.50 bits per heavy atom. The molecular formula is C12H8N2O6. The first kappa shape index (κ1) is 13.3. The van der Waals surface area contributed by atoms with E-state index in [0.29, 0.717) is 5.69 Å². The van der Waals surface area contributed by atoms with Crippen LogP contribution in [0.25, 0.3) is 5.69 Å². The summed E-state index contributed by atoms with van der Waals surface area (Å²) in [5, 5.41) is 30.2. The molecule has 0 unspecified atom stereocenters. The lowest BCUT2D eigenvalue weighted by atomic mass is 10.2. The zero-order valence-electron chi connectivity index (χ0n) is 9.85. The number of hydrogen-bond donors (Lipinski definition) is 3. The summed E-state index contributed by atoms with van der Waals surface area (Å²) in [5.41, 5.74) is -0.623. The second kappa shape index (κ2) is 4.84. The summed E-state index contributed by atoms with van der Waals surface area (Å²) in [5.74, 6) is -3.96. The van der Waals surface area contributed by atoms with E-state index in [1.54, 1.807) is 0 Å². The van der Waals surface area contributed by atoms with Crippen molar-refractivity contribution in [1.82, 2.24) is 9.78 Å².